The van der Waals surface area contributed by atoms with E-state index in [0.29, 0.717) is 17.1 Å². The molecule has 1 amide bonds. The summed E-state index contributed by atoms with van der Waals surface area (Å²) in [6.45, 7) is 4.95. The zero-order valence-corrected chi connectivity index (χ0v) is 14.6. The second-order valence-electron chi connectivity index (χ2n) is 6.71. The summed E-state index contributed by atoms with van der Waals surface area (Å²) in [4.78, 5) is 16.7. The van der Waals surface area contributed by atoms with Gasteiger partial charge in [-0.3, -0.25) is 9.78 Å². The smallest absolute Gasteiger partial charge is 0.252 e. The van der Waals surface area contributed by atoms with Gasteiger partial charge in [0.1, 0.15) is 0 Å². The first-order chi connectivity index (χ1) is 11.6. The molecule has 5 heteroatoms. The van der Waals surface area contributed by atoms with Crippen molar-refractivity contribution >= 4 is 17.5 Å². The molecule has 0 unspecified atom stereocenters. The Hall–Kier alpha value is -1.91. The fourth-order valence-corrected chi connectivity index (χ4v) is 3.09. The minimum atomic E-state index is -0.0712. The van der Waals surface area contributed by atoms with Gasteiger partial charge < -0.3 is 10.6 Å². The van der Waals surface area contributed by atoms with Gasteiger partial charge in [0.25, 0.3) is 5.91 Å². The molecule has 2 heterocycles. The minimum Gasteiger partial charge on any atom is -0.351 e. The van der Waals surface area contributed by atoms with Crippen LogP contribution in [0.3, 0.4) is 0 Å². The molecule has 126 valence electrons. The number of piperidine rings is 1. The van der Waals surface area contributed by atoms with E-state index in [4.69, 9.17) is 11.6 Å². The number of carbonyl (C=O) groups excluding carboxylic acids is 1. The van der Waals surface area contributed by atoms with Gasteiger partial charge in [-0.05, 0) is 55.1 Å². The third-order valence-corrected chi connectivity index (χ3v) is 4.92. The average Bonchev–Trinajstić information content (AvgIpc) is 2.61. The molecule has 0 aliphatic carbocycles. The molecule has 1 aromatic carbocycles. The molecule has 24 heavy (non-hydrogen) atoms. The second kappa shape index (κ2) is 7.32. The van der Waals surface area contributed by atoms with E-state index in [1.54, 1.807) is 12.4 Å². The first-order valence-corrected chi connectivity index (χ1v) is 8.63. The Kier molecular flexibility index (Phi) is 5.17. The van der Waals surface area contributed by atoms with Gasteiger partial charge in [-0.2, -0.15) is 0 Å². The minimum absolute atomic E-state index is 0.0712. The molecule has 1 aliphatic rings. The van der Waals surface area contributed by atoms with Crippen molar-refractivity contribution in [2.24, 2.45) is 5.41 Å². The highest BCUT2D eigenvalue weighted by atomic mass is 35.5. The third-order valence-electron chi connectivity index (χ3n) is 4.66. The highest BCUT2D eigenvalue weighted by Crippen LogP contribution is 2.27. The van der Waals surface area contributed by atoms with Crippen molar-refractivity contribution in [2.45, 2.75) is 19.8 Å². The van der Waals surface area contributed by atoms with E-state index in [2.05, 4.69) is 22.5 Å². The molecule has 0 atom stereocenters. The van der Waals surface area contributed by atoms with E-state index >= 15 is 0 Å². The quantitative estimate of drug-likeness (QED) is 0.893. The summed E-state index contributed by atoms with van der Waals surface area (Å²) in [6.07, 6.45) is 5.53. The van der Waals surface area contributed by atoms with Crippen LogP contribution in [0.15, 0.2) is 42.7 Å². The van der Waals surface area contributed by atoms with Crippen LogP contribution in [-0.4, -0.2) is 30.5 Å². The molecule has 0 saturated carbocycles. The van der Waals surface area contributed by atoms with Gasteiger partial charge in [0.2, 0.25) is 0 Å². The first-order valence-electron chi connectivity index (χ1n) is 8.26. The van der Waals surface area contributed by atoms with E-state index in [9.17, 15) is 4.79 Å². The Labute approximate surface area is 147 Å². The fourth-order valence-electron chi connectivity index (χ4n) is 2.97. The van der Waals surface area contributed by atoms with Crippen molar-refractivity contribution in [1.29, 1.82) is 0 Å². The SMILES string of the molecule is CC1(CNC(=O)c2cncc(-c3ccc(Cl)cc3)c2)CCNCC1. The summed E-state index contributed by atoms with van der Waals surface area (Å²) in [5.74, 6) is -0.0712. The van der Waals surface area contributed by atoms with Crippen LogP contribution in [0, 0.1) is 5.41 Å². The Bertz CT molecular complexity index is 709. The van der Waals surface area contributed by atoms with E-state index < -0.39 is 0 Å². The van der Waals surface area contributed by atoms with Crippen LogP contribution in [-0.2, 0) is 0 Å². The average molecular weight is 344 g/mol. The molecule has 1 fully saturated rings. The second-order valence-corrected chi connectivity index (χ2v) is 7.15. The van der Waals surface area contributed by atoms with Crippen molar-refractivity contribution < 1.29 is 4.79 Å². The molecule has 0 spiro atoms. The molecular formula is C19H22ClN3O. The summed E-state index contributed by atoms with van der Waals surface area (Å²) in [7, 11) is 0. The van der Waals surface area contributed by atoms with Crippen LogP contribution in [0.5, 0.6) is 0 Å². The number of amides is 1. The van der Waals surface area contributed by atoms with Gasteiger partial charge in [-0.25, -0.2) is 0 Å². The lowest BCUT2D eigenvalue weighted by Gasteiger charge is -2.34. The number of halogens is 1. The zero-order valence-electron chi connectivity index (χ0n) is 13.8. The number of carbonyl (C=O) groups is 1. The van der Waals surface area contributed by atoms with Crippen molar-refractivity contribution in [3.05, 3.63) is 53.3 Å². The van der Waals surface area contributed by atoms with E-state index in [0.717, 1.165) is 37.1 Å². The summed E-state index contributed by atoms with van der Waals surface area (Å²) in [6, 6.07) is 9.40. The molecule has 2 aromatic rings. The van der Waals surface area contributed by atoms with Crippen LogP contribution >= 0.6 is 11.6 Å². The Balaban J connectivity index is 1.69. The molecule has 4 nitrogen and oxygen atoms in total. The fraction of sp³-hybridized carbons (Fsp3) is 0.368. The predicted molar refractivity (Wildman–Crippen MR) is 97.2 cm³/mol. The summed E-state index contributed by atoms with van der Waals surface area (Å²) >= 11 is 5.92. The molecule has 0 radical (unpaired) electrons. The Morgan fingerprint density at radius 1 is 1.21 bits per heavy atom. The highest BCUT2D eigenvalue weighted by Gasteiger charge is 2.27. The monoisotopic (exact) mass is 343 g/mol. The number of pyridine rings is 1. The van der Waals surface area contributed by atoms with Gasteiger partial charge in [0.05, 0.1) is 5.56 Å². The van der Waals surface area contributed by atoms with Crippen LogP contribution < -0.4 is 10.6 Å². The number of rotatable bonds is 4. The summed E-state index contributed by atoms with van der Waals surface area (Å²) in [5, 5.41) is 7.12. The van der Waals surface area contributed by atoms with E-state index in [1.807, 2.05) is 30.3 Å². The normalized spacial score (nSPS) is 16.6. The van der Waals surface area contributed by atoms with Crippen molar-refractivity contribution in [2.75, 3.05) is 19.6 Å². The largest absolute Gasteiger partial charge is 0.351 e. The van der Waals surface area contributed by atoms with E-state index in [-0.39, 0.29) is 11.3 Å². The maximum absolute atomic E-state index is 12.5. The highest BCUT2D eigenvalue weighted by molar-refractivity contribution is 6.30. The maximum atomic E-state index is 12.5. The topological polar surface area (TPSA) is 54.0 Å². The lowest BCUT2D eigenvalue weighted by atomic mass is 9.81. The molecule has 1 aromatic heterocycles. The number of nitrogens with zero attached hydrogens (tertiary/aromatic N) is 1. The van der Waals surface area contributed by atoms with Gasteiger partial charge in [0, 0.05) is 29.5 Å². The van der Waals surface area contributed by atoms with Crippen LogP contribution in [0.25, 0.3) is 11.1 Å². The number of nitrogens with one attached hydrogen (secondary N) is 2. The molecular weight excluding hydrogens is 322 g/mol. The Morgan fingerprint density at radius 3 is 2.62 bits per heavy atom. The number of hydrogen-bond donors (Lipinski definition) is 2. The van der Waals surface area contributed by atoms with Crippen LogP contribution in [0.4, 0.5) is 0 Å². The van der Waals surface area contributed by atoms with Gasteiger partial charge in [-0.15, -0.1) is 0 Å². The molecule has 2 N–H and O–H groups in total. The van der Waals surface area contributed by atoms with Crippen molar-refractivity contribution in [3.8, 4) is 11.1 Å². The third kappa shape index (κ3) is 4.13. The number of hydrogen-bond acceptors (Lipinski definition) is 3. The molecule has 1 aliphatic heterocycles. The maximum Gasteiger partial charge on any atom is 0.252 e. The molecule has 0 bridgehead atoms. The van der Waals surface area contributed by atoms with Gasteiger partial charge in [-0.1, -0.05) is 30.7 Å². The lowest BCUT2D eigenvalue weighted by molar-refractivity contribution is 0.0922. The van der Waals surface area contributed by atoms with Crippen molar-refractivity contribution in [3.63, 3.8) is 0 Å². The van der Waals surface area contributed by atoms with Gasteiger partial charge in [0.15, 0.2) is 0 Å². The summed E-state index contributed by atoms with van der Waals surface area (Å²) < 4.78 is 0. The van der Waals surface area contributed by atoms with Crippen LogP contribution in [0.1, 0.15) is 30.1 Å². The predicted octanol–water partition coefficient (Wildman–Crippen LogP) is 3.52. The standard InChI is InChI=1S/C19H22ClN3O/c1-19(6-8-21-9-7-19)13-23-18(24)16-10-15(11-22-12-16)14-2-4-17(20)5-3-14/h2-5,10-12,21H,6-9,13H2,1H3,(H,23,24). The van der Waals surface area contributed by atoms with Crippen molar-refractivity contribution in [1.82, 2.24) is 15.6 Å². The molecule has 1 saturated heterocycles. The zero-order chi connectivity index (χ0) is 17.0. The number of aromatic nitrogens is 1. The van der Waals surface area contributed by atoms with E-state index in [1.165, 1.54) is 0 Å². The van der Waals surface area contributed by atoms with Gasteiger partial charge >= 0.3 is 0 Å². The Morgan fingerprint density at radius 2 is 1.92 bits per heavy atom. The van der Waals surface area contributed by atoms with Crippen LogP contribution in [0.2, 0.25) is 5.02 Å². The summed E-state index contributed by atoms with van der Waals surface area (Å²) in [5.41, 5.74) is 2.65. The number of benzene rings is 1. The first kappa shape index (κ1) is 16.9. The molecule has 3 rings (SSSR count). The lowest BCUT2D eigenvalue weighted by Crippen LogP contribution is -2.42.